The lowest BCUT2D eigenvalue weighted by Crippen LogP contribution is -2.36. The molecule has 6 nitrogen and oxygen atoms in total. The molecule has 0 radical (unpaired) electrons. The molecule has 27 heavy (non-hydrogen) atoms. The molecule has 2 aromatic carbocycles. The first-order valence-corrected chi connectivity index (χ1v) is 8.81. The Bertz CT molecular complexity index is 789. The maximum Gasteiger partial charge on any atom is 0.239 e. The average molecular weight is 389 g/mol. The van der Waals surface area contributed by atoms with E-state index in [0.717, 1.165) is 5.56 Å². The van der Waals surface area contributed by atoms with Crippen molar-refractivity contribution in [1.82, 2.24) is 10.6 Å². The minimum absolute atomic E-state index is 0.0231. The number of Topliss-reactive ketones (excluding diaryl/α,β-unsaturated/α-hetero) is 1. The molecule has 0 spiro atoms. The predicted molar refractivity (Wildman–Crippen MR) is 103 cm³/mol. The monoisotopic (exact) mass is 388 g/mol. The van der Waals surface area contributed by atoms with Crippen LogP contribution >= 0.6 is 11.6 Å². The highest BCUT2D eigenvalue weighted by Gasteiger charge is 2.10. The van der Waals surface area contributed by atoms with E-state index in [-0.39, 0.29) is 37.0 Å². The predicted octanol–water partition coefficient (Wildman–Crippen LogP) is 2.74. The lowest BCUT2D eigenvalue weighted by Gasteiger charge is -2.07. The molecule has 7 heteroatoms. The second-order valence-corrected chi connectivity index (χ2v) is 6.27. The number of ether oxygens (including phenoxy) is 1. The van der Waals surface area contributed by atoms with E-state index in [4.69, 9.17) is 16.3 Å². The summed E-state index contributed by atoms with van der Waals surface area (Å²) in [6.07, 6.45) is 0.0971. The summed E-state index contributed by atoms with van der Waals surface area (Å²) in [5.74, 6) is -0.132. The Morgan fingerprint density at radius 2 is 1.56 bits per heavy atom. The van der Waals surface area contributed by atoms with Crippen molar-refractivity contribution in [3.8, 4) is 5.75 Å². The maximum atomic E-state index is 12.1. The smallest absolute Gasteiger partial charge is 0.239 e. The molecule has 0 saturated carbocycles. The normalized spacial score (nSPS) is 10.1. The number of nitrogens with one attached hydrogen (secondary N) is 2. The van der Waals surface area contributed by atoms with Crippen LogP contribution in [0.4, 0.5) is 0 Å². The molecule has 2 amide bonds. The molecular formula is C20H21ClN2O4. The zero-order valence-corrected chi connectivity index (χ0v) is 15.7. The van der Waals surface area contributed by atoms with Crippen LogP contribution in [0.1, 0.15) is 28.8 Å². The van der Waals surface area contributed by atoms with Gasteiger partial charge in [0.25, 0.3) is 0 Å². The third-order valence-corrected chi connectivity index (χ3v) is 4.09. The van der Waals surface area contributed by atoms with Gasteiger partial charge in [0, 0.05) is 30.0 Å². The minimum atomic E-state index is -0.349. The van der Waals surface area contributed by atoms with Crippen molar-refractivity contribution >= 4 is 29.2 Å². The van der Waals surface area contributed by atoms with Gasteiger partial charge in [0.05, 0.1) is 13.7 Å². The molecule has 0 unspecified atom stereocenters. The van der Waals surface area contributed by atoms with E-state index in [1.54, 1.807) is 43.5 Å². The van der Waals surface area contributed by atoms with Gasteiger partial charge < -0.3 is 15.4 Å². The SMILES string of the molecule is COc1ccc(C(=O)CCC(=O)NCC(=O)NCc2ccc(Cl)cc2)cc1. The molecule has 142 valence electrons. The van der Waals surface area contributed by atoms with Crippen molar-refractivity contribution in [1.29, 1.82) is 0 Å². The first-order chi connectivity index (χ1) is 13.0. The minimum Gasteiger partial charge on any atom is -0.497 e. The second kappa shape index (κ2) is 10.3. The number of methoxy groups -OCH3 is 1. The van der Waals surface area contributed by atoms with Crippen molar-refractivity contribution in [3.05, 3.63) is 64.7 Å². The van der Waals surface area contributed by atoms with Crippen LogP contribution in [0.5, 0.6) is 5.75 Å². The van der Waals surface area contributed by atoms with E-state index in [1.165, 1.54) is 0 Å². The molecular weight excluding hydrogens is 368 g/mol. The van der Waals surface area contributed by atoms with Gasteiger partial charge >= 0.3 is 0 Å². The van der Waals surface area contributed by atoms with Gasteiger partial charge in [-0.25, -0.2) is 0 Å². The van der Waals surface area contributed by atoms with E-state index < -0.39 is 0 Å². The van der Waals surface area contributed by atoms with Crippen molar-refractivity contribution in [2.75, 3.05) is 13.7 Å². The van der Waals surface area contributed by atoms with Gasteiger partial charge in [0.2, 0.25) is 11.8 Å². The topological polar surface area (TPSA) is 84.5 Å². The lowest BCUT2D eigenvalue weighted by molar-refractivity contribution is -0.126. The standard InChI is InChI=1S/C20H21ClN2O4/c1-27-17-8-4-15(5-9-17)18(24)10-11-19(25)23-13-20(26)22-12-14-2-6-16(21)7-3-14/h2-9H,10-13H2,1H3,(H,22,26)(H,23,25). The molecule has 0 aromatic heterocycles. The van der Waals surface area contributed by atoms with Crippen LogP contribution in [0.3, 0.4) is 0 Å². The molecule has 2 N–H and O–H groups in total. The molecule has 0 atom stereocenters. The summed E-state index contributed by atoms with van der Waals surface area (Å²) in [6.45, 7) is 0.213. The fourth-order valence-electron chi connectivity index (χ4n) is 2.28. The molecule has 0 aliphatic rings. The van der Waals surface area contributed by atoms with Crippen LogP contribution in [0.2, 0.25) is 5.02 Å². The molecule has 0 saturated heterocycles. The summed E-state index contributed by atoms with van der Waals surface area (Å²) in [5, 5.41) is 5.83. The van der Waals surface area contributed by atoms with Crippen molar-refractivity contribution in [3.63, 3.8) is 0 Å². The largest absolute Gasteiger partial charge is 0.497 e. The van der Waals surface area contributed by atoms with E-state index in [2.05, 4.69) is 10.6 Å². The molecule has 2 rings (SSSR count). The number of carbonyl (C=O) groups is 3. The van der Waals surface area contributed by atoms with Gasteiger partial charge in [0.1, 0.15) is 5.75 Å². The number of carbonyl (C=O) groups excluding carboxylic acids is 3. The zero-order chi connectivity index (χ0) is 19.6. The summed E-state index contributed by atoms with van der Waals surface area (Å²) in [6, 6.07) is 13.8. The second-order valence-electron chi connectivity index (χ2n) is 5.83. The molecule has 0 heterocycles. The number of hydrogen-bond acceptors (Lipinski definition) is 4. The fraction of sp³-hybridized carbons (Fsp3) is 0.250. The zero-order valence-electron chi connectivity index (χ0n) is 15.0. The maximum absolute atomic E-state index is 12.1. The third kappa shape index (κ3) is 7.11. The molecule has 0 bridgehead atoms. The first kappa shape index (κ1) is 20.5. The van der Waals surface area contributed by atoms with E-state index in [0.29, 0.717) is 22.9 Å². The Labute approximate surface area is 162 Å². The van der Waals surface area contributed by atoms with Crippen LogP contribution in [-0.2, 0) is 16.1 Å². The number of benzene rings is 2. The Balaban J connectivity index is 1.66. The van der Waals surface area contributed by atoms with Crippen LogP contribution < -0.4 is 15.4 Å². The number of ketones is 1. The Morgan fingerprint density at radius 3 is 2.19 bits per heavy atom. The number of halogens is 1. The lowest BCUT2D eigenvalue weighted by atomic mass is 10.1. The third-order valence-electron chi connectivity index (χ3n) is 3.84. The number of hydrogen-bond donors (Lipinski definition) is 2. The van der Waals surface area contributed by atoms with Crippen molar-refractivity contribution < 1.29 is 19.1 Å². The molecule has 0 aliphatic carbocycles. The fourth-order valence-corrected chi connectivity index (χ4v) is 2.41. The van der Waals surface area contributed by atoms with E-state index in [9.17, 15) is 14.4 Å². The Kier molecular flexibility index (Phi) is 7.82. The van der Waals surface area contributed by atoms with Gasteiger partial charge in [-0.15, -0.1) is 0 Å². The van der Waals surface area contributed by atoms with Crippen LogP contribution in [0.15, 0.2) is 48.5 Å². The van der Waals surface area contributed by atoms with Crippen LogP contribution in [0, 0.1) is 0 Å². The summed E-state index contributed by atoms with van der Waals surface area (Å²) in [4.78, 5) is 35.7. The molecule has 0 aliphatic heterocycles. The van der Waals surface area contributed by atoms with Gasteiger partial charge in [-0.1, -0.05) is 23.7 Å². The number of rotatable bonds is 9. The highest BCUT2D eigenvalue weighted by atomic mass is 35.5. The van der Waals surface area contributed by atoms with E-state index in [1.807, 2.05) is 12.1 Å². The van der Waals surface area contributed by atoms with Crippen LogP contribution in [-0.4, -0.2) is 31.3 Å². The first-order valence-electron chi connectivity index (χ1n) is 8.43. The average Bonchev–Trinajstić information content (AvgIpc) is 2.70. The van der Waals surface area contributed by atoms with Crippen LogP contribution in [0.25, 0.3) is 0 Å². The quantitative estimate of drug-likeness (QED) is 0.647. The number of amides is 2. The van der Waals surface area contributed by atoms with E-state index >= 15 is 0 Å². The Hall–Kier alpha value is -2.86. The van der Waals surface area contributed by atoms with Crippen molar-refractivity contribution in [2.45, 2.75) is 19.4 Å². The summed E-state index contributed by atoms with van der Waals surface area (Å²) >= 11 is 5.80. The Morgan fingerprint density at radius 1 is 0.889 bits per heavy atom. The summed E-state index contributed by atoms with van der Waals surface area (Å²) in [7, 11) is 1.55. The van der Waals surface area contributed by atoms with Gasteiger partial charge in [-0.3, -0.25) is 14.4 Å². The summed E-state index contributed by atoms with van der Waals surface area (Å²) < 4.78 is 5.04. The van der Waals surface area contributed by atoms with Gasteiger partial charge in [-0.05, 0) is 42.0 Å². The highest BCUT2D eigenvalue weighted by molar-refractivity contribution is 6.30. The van der Waals surface area contributed by atoms with Crippen molar-refractivity contribution in [2.24, 2.45) is 0 Å². The summed E-state index contributed by atoms with van der Waals surface area (Å²) in [5.41, 5.74) is 1.42. The van der Waals surface area contributed by atoms with Gasteiger partial charge in [0.15, 0.2) is 5.78 Å². The highest BCUT2D eigenvalue weighted by Crippen LogP contribution is 2.13. The van der Waals surface area contributed by atoms with Gasteiger partial charge in [-0.2, -0.15) is 0 Å². The molecule has 2 aromatic rings. The molecule has 0 fully saturated rings.